The van der Waals surface area contributed by atoms with E-state index in [1.807, 2.05) is 0 Å². The summed E-state index contributed by atoms with van der Waals surface area (Å²) in [6.45, 7) is 0. The fourth-order valence-corrected chi connectivity index (χ4v) is 10.3. The molecule has 0 atom stereocenters. The summed E-state index contributed by atoms with van der Waals surface area (Å²) in [7, 11) is 0. The van der Waals surface area contributed by atoms with Gasteiger partial charge < -0.3 is 9.13 Å². The highest BCUT2D eigenvalue weighted by Gasteiger charge is 2.23. The van der Waals surface area contributed by atoms with Crippen LogP contribution in [0.15, 0.2) is 218 Å². The van der Waals surface area contributed by atoms with Crippen molar-refractivity contribution in [1.82, 2.24) is 9.13 Å². The van der Waals surface area contributed by atoms with Gasteiger partial charge in [-0.2, -0.15) is 0 Å². The molecule has 0 fully saturated rings. The van der Waals surface area contributed by atoms with Crippen molar-refractivity contribution in [2.75, 3.05) is 0 Å². The molecule has 2 aromatic heterocycles. The minimum absolute atomic E-state index is 1.14. The van der Waals surface area contributed by atoms with Crippen LogP contribution in [0.25, 0.3) is 121 Å². The molecule has 0 amide bonds. The van der Waals surface area contributed by atoms with E-state index in [-0.39, 0.29) is 0 Å². The summed E-state index contributed by atoms with van der Waals surface area (Å²) in [6.07, 6.45) is 0. The first-order valence-corrected chi connectivity index (χ1v) is 20.8. The molecule has 13 rings (SSSR count). The Balaban J connectivity index is 1.02. The third-order valence-corrected chi connectivity index (χ3v) is 12.9. The standard InChI is InChI=1S/C58H36N2/c1-2-15-38-34-42(30-28-37(38)14-1)60-54-27-12-10-25-51(54)58-56(60)33-32-55-57(58)50-24-9-11-26-53(50)59(55)41-17-13-16-39(35-41)40-29-31-49-47-22-6-5-20-45(47)43-18-3-4-19-44(43)46-21-7-8-23-48(46)52(49)36-40/h1-36H. The van der Waals surface area contributed by atoms with Gasteiger partial charge in [0.1, 0.15) is 0 Å². The number of hydrogen-bond acceptors (Lipinski definition) is 0. The molecule has 2 heteroatoms. The summed E-state index contributed by atoms with van der Waals surface area (Å²) in [5, 5.41) is 7.56. The van der Waals surface area contributed by atoms with E-state index < -0.39 is 0 Å². The maximum atomic E-state index is 2.46. The number of para-hydroxylation sites is 2. The first-order chi connectivity index (χ1) is 29.8. The lowest BCUT2D eigenvalue weighted by atomic mass is 9.80. The fourth-order valence-electron chi connectivity index (χ4n) is 10.3. The summed E-state index contributed by atoms with van der Waals surface area (Å²) in [5.41, 5.74) is 19.6. The third kappa shape index (κ3) is 4.76. The zero-order valence-electron chi connectivity index (χ0n) is 32.7. The highest BCUT2D eigenvalue weighted by molar-refractivity contribution is 6.29. The van der Waals surface area contributed by atoms with Crippen molar-refractivity contribution < 1.29 is 0 Å². The van der Waals surface area contributed by atoms with Crippen LogP contribution in [0.1, 0.15) is 0 Å². The third-order valence-electron chi connectivity index (χ3n) is 12.9. The van der Waals surface area contributed by atoms with E-state index in [1.54, 1.807) is 0 Å². The maximum Gasteiger partial charge on any atom is 0.0548 e. The molecule has 0 aliphatic heterocycles. The Morgan fingerprint density at radius 1 is 0.233 bits per heavy atom. The van der Waals surface area contributed by atoms with Crippen LogP contribution in [-0.4, -0.2) is 9.13 Å². The predicted octanol–water partition coefficient (Wildman–Crippen LogP) is 15.7. The lowest BCUT2D eigenvalue weighted by Crippen LogP contribution is -1.97. The Morgan fingerprint density at radius 3 is 1.27 bits per heavy atom. The number of benzene rings is 10. The molecule has 1 aliphatic rings. The van der Waals surface area contributed by atoms with Gasteiger partial charge >= 0.3 is 0 Å². The van der Waals surface area contributed by atoms with E-state index in [4.69, 9.17) is 0 Å². The number of fused-ring (bicyclic) bond motifs is 16. The van der Waals surface area contributed by atoms with Crippen LogP contribution in [0.3, 0.4) is 0 Å². The van der Waals surface area contributed by atoms with Crippen LogP contribution in [0, 0.1) is 0 Å². The smallest absolute Gasteiger partial charge is 0.0548 e. The van der Waals surface area contributed by atoms with Crippen LogP contribution < -0.4 is 0 Å². The minimum atomic E-state index is 1.14. The molecule has 10 aromatic carbocycles. The zero-order valence-corrected chi connectivity index (χ0v) is 32.7. The van der Waals surface area contributed by atoms with Crippen LogP contribution >= 0.6 is 0 Å². The predicted molar refractivity (Wildman–Crippen MR) is 253 cm³/mol. The van der Waals surface area contributed by atoms with Crippen molar-refractivity contribution in [2.45, 2.75) is 0 Å². The average Bonchev–Trinajstić information content (AvgIpc) is 3.84. The molecule has 1 aliphatic carbocycles. The molecule has 0 N–H and O–H groups in total. The topological polar surface area (TPSA) is 9.86 Å². The van der Waals surface area contributed by atoms with Gasteiger partial charge in [0.15, 0.2) is 0 Å². The van der Waals surface area contributed by atoms with E-state index in [2.05, 4.69) is 228 Å². The van der Waals surface area contributed by atoms with Gasteiger partial charge in [-0.25, -0.2) is 0 Å². The second kappa shape index (κ2) is 12.8. The first-order valence-electron chi connectivity index (χ1n) is 20.8. The second-order valence-electron chi connectivity index (χ2n) is 16.0. The van der Waals surface area contributed by atoms with Crippen molar-refractivity contribution in [3.05, 3.63) is 218 Å². The van der Waals surface area contributed by atoms with Gasteiger partial charge in [-0.3, -0.25) is 0 Å². The van der Waals surface area contributed by atoms with E-state index in [0.717, 1.165) is 5.69 Å². The number of rotatable bonds is 3. The van der Waals surface area contributed by atoms with Gasteiger partial charge in [0, 0.05) is 32.9 Å². The van der Waals surface area contributed by atoms with Crippen molar-refractivity contribution in [3.63, 3.8) is 0 Å². The van der Waals surface area contributed by atoms with Gasteiger partial charge in [0.05, 0.1) is 22.1 Å². The summed E-state index contributed by atoms with van der Waals surface area (Å²) >= 11 is 0. The molecule has 0 unspecified atom stereocenters. The quantitative estimate of drug-likeness (QED) is 0.170. The van der Waals surface area contributed by atoms with Crippen molar-refractivity contribution in [2.24, 2.45) is 0 Å². The minimum Gasteiger partial charge on any atom is -0.309 e. The lowest BCUT2D eigenvalue weighted by Gasteiger charge is -2.23. The van der Waals surface area contributed by atoms with E-state index in [0.29, 0.717) is 0 Å². The van der Waals surface area contributed by atoms with Gasteiger partial charge in [0.2, 0.25) is 0 Å². The van der Waals surface area contributed by atoms with Crippen molar-refractivity contribution in [1.29, 1.82) is 0 Å². The van der Waals surface area contributed by atoms with Crippen LogP contribution in [0.2, 0.25) is 0 Å². The average molecular weight is 761 g/mol. The van der Waals surface area contributed by atoms with Gasteiger partial charge in [-0.15, -0.1) is 0 Å². The Kier molecular flexibility index (Phi) is 7.05. The summed E-state index contributed by atoms with van der Waals surface area (Å²) < 4.78 is 4.91. The number of aromatic nitrogens is 2. The summed E-state index contributed by atoms with van der Waals surface area (Å²) in [4.78, 5) is 0. The molecule has 60 heavy (non-hydrogen) atoms. The zero-order chi connectivity index (χ0) is 39.3. The Morgan fingerprint density at radius 2 is 0.683 bits per heavy atom. The molecule has 2 heterocycles. The highest BCUT2D eigenvalue weighted by atomic mass is 15.0. The number of nitrogens with zero attached hydrogens (tertiary/aromatic N) is 2. The molecule has 0 saturated carbocycles. The molecule has 0 saturated heterocycles. The second-order valence-corrected chi connectivity index (χ2v) is 16.0. The molecular formula is C58H36N2. The first kappa shape index (κ1) is 33.1. The van der Waals surface area contributed by atoms with E-state index in [9.17, 15) is 0 Å². The molecule has 278 valence electrons. The molecule has 2 nitrogen and oxygen atoms in total. The lowest BCUT2D eigenvalue weighted by molar-refractivity contribution is 1.17. The van der Waals surface area contributed by atoms with Crippen LogP contribution in [0.5, 0.6) is 0 Å². The molecule has 12 aromatic rings. The van der Waals surface area contributed by atoms with Crippen molar-refractivity contribution >= 4 is 54.4 Å². The Hall–Kier alpha value is -7.94. The highest BCUT2D eigenvalue weighted by Crippen LogP contribution is 2.49. The maximum absolute atomic E-state index is 2.46. The van der Waals surface area contributed by atoms with E-state index in [1.165, 1.54) is 116 Å². The molecule has 0 radical (unpaired) electrons. The van der Waals surface area contributed by atoms with Crippen LogP contribution in [-0.2, 0) is 0 Å². The monoisotopic (exact) mass is 760 g/mol. The van der Waals surface area contributed by atoms with Gasteiger partial charge in [-0.1, -0.05) is 164 Å². The largest absolute Gasteiger partial charge is 0.309 e. The fraction of sp³-hybridized carbons (Fsp3) is 0. The Labute approximate surface area is 347 Å². The van der Waals surface area contributed by atoms with E-state index >= 15 is 0 Å². The van der Waals surface area contributed by atoms with Crippen molar-refractivity contribution in [3.8, 4) is 67.0 Å². The van der Waals surface area contributed by atoms with Crippen LogP contribution in [0.4, 0.5) is 0 Å². The summed E-state index contributed by atoms with van der Waals surface area (Å²) in [5.74, 6) is 0. The SMILES string of the molecule is c1cc(-c2ccc3c(c2)-c2ccccc2-c2ccccc2-c2ccccc2-3)cc(-n2c3ccccc3c3c4c5ccccc5n(-c5ccc6ccccc6c5)c4ccc32)c1. The normalized spacial score (nSPS) is 12.0. The van der Waals surface area contributed by atoms with Gasteiger partial charge in [0.25, 0.3) is 0 Å². The Bertz CT molecular complexity index is 3720. The number of hydrogen-bond donors (Lipinski definition) is 0. The molecular weight excluding hydrogens is 725 g/mol. The van der Waals surface area contributed by atoms with Gasteiger partial charge in [-0.05, 0) is 121 Å². The summed E-state index contributed by atoms with van der Waals surface area (Å²) in [6, 6.07) is 80.6. The molecule has 0 spiro atoms. The molecule has 0 bridgehead atoms.